The van der Waals surface area contributed by atoms with E-state index in [1.807, 2.05) is 30.3 Å². The highest BCUT2D eigenvalue weighted by Crippen LogP contribution is 2.38. The van der Waals surface area contributed by atoms with Crippen LogP contribution in [0.15, 0.2) is 64.8 Å². The van der Waals surface area contributed by atoms with Gasteiger partial charge in [-0.25, -0.2) is 0 Å². The highest BCUT2D eigenvalue weighted by molar-refractivity contribution is 9.10. The van der Waals surface area contributed by atoms with Crippen molar-refractivity contribution in [2.75, 3.05) is 14.2 Å². The van der Waals surface area contributed by atoms with E-state index in [1.165, 1.54) is 10.3 Å². The summed E-state index contributed by atoms with van der Waals surface area (Å²) in [6, 6.07) is 18.1. The number of hydrogen-bond acceptors (Lipinski definition) is 4. The molecule has 1 aliphatic heterocycles. The van der Waals surface area contributed by atoms with E-state index in [1.54, 1.807) is 20.2 Å². The van der Waals surface area contributed by atoms with Crippen LogP contribution in [0.5, 0.6) is 11.5 Å². The lowest BCUT2D eigenvalue weighted by molar-refractivity contribution is -0.121. The van der Waals surface area contributed by atoms with Crippen molar-refractivity contribution in [1.29, 1.82) is 0 Å². The van der Waals surface area contributed by atoms with Gasteiger partial charge < -0.3 is 14.8 Å². The van der Waals surface area contributed by atoms with Crippen LogP contribution in [0.1, 0.15) is 11.1 Å². The van der Waals surface area contributed by atoms with E-state index in [-0.39, 0.29) is 5.91 Å². The van der Waals surface area contributed by atoms with E-state index in [9.17, 15) is 4.79 Å². The number of hydrogen-bond donors (Lipinski definition) is 1. The van der Waals surface area contributed by atoms with E-state index in [4.69, 9.17) is 21.7 Å². The summed E-state index contributed by atoms with van der Waals surface area (Å²) in [5.41, 5.74) is 2.29. The molecule has 0 radical (unpaired) electrons. The third kappa shape index (κ3) is 3.91. The number of thiocarbonyl (C=S) groups is 1. The third-order valence-corrected chi connectivity index (χ3v) is 5.86. The zero-order valence-corrected chi connectivity index (χ0v) is 18.8. The van der Waals surface area contributed by atoms with Gasteiger partial charge in [0.15, 0.2) is 16.6 Å². The number of nitrogens with zero attached hydrogens (tertiary/aromatic N) is 1. The molecule has 0 aliphatic carbocycles. The summed E-state index contributed by atoms with van der Waals surface area (Å²) in [4.78, 5) is 13.6. The lowest BCUT2D eigenvalue weighted by atomic mass is 10.1. The van der Waals surface area contributed by atoms with Crippen molar-refractivity contribution in [2.45, 2.75) is 6.61 Å². The molecule has 1 fully saturated rings. The standard InChI is InChI=1S/C23H19BrN2O3S/c1-26-22(27)19(25-23(26)30)11-14-10-18(24)21(20(12-14)28-2)29-13-16-8-5-7-15-6-3-4-9-17(15)16/h3-12H,13H2,1-2H3,(H,25,30). The third-order valence-electron chi connectivity index (χ3n) is 4.90. The van der Waals surface area contributed by atoms with Crippen molar-refractivity contribution >= 4 is 56.0 Å². The molecule has 152 valence electrons. The maximum Gasteiger partial charge on any atom is 0.276 e. The Kier molecular flexibility index (Phi) is 5.74. The maximum absolute atomic E-state index is 12.2. The first-order chi connectivity index (χ1) is 14.5. The average Bonchev–Trinajstić information content (AvgIpc) is 2.99. The van der Waals surface area contributed by atoms with Crippen molar-refractivity contribution in [3.63, 3.8) is 0 Å². The fraction of sp³-hybridized carbons (Fsp3) is 0.130. The molecule has 0 spiro atoms. The molecule has 1 N–H and O–H groups in total. The van der Waals surface area contributed by atoms with Gasteiger partial charge in [0.1, 0.15) is 12.3 Å². The highest BCUT2D eigenvalue weighted by Gasteiger charge is 2.27. The zero-order valence-electron chi connectivity index (χ0n) is 16.4. The lowest BCUT2D eigenvalue weighted by Crippen LogP contribution is -2.25. The number of ether oxygens (including phenoxy) is 2. The second-order valence-electron chi connectivity index (χ2n) is 6.81. The predicted octanol–water partition coefficient (Wildman–Crippen LogP) is 4.88. The summed E-state index contributed by atoms with van der Waals surface area (Å²) in [5, 5.41) is 5.63. The van der Waals surface area contributed by atoms with Gasteiger partial charge in [-0.15, -0.1) is 0 Å². The van der Waals surface area contributed by atoms with Crippen LogP contribution in [0.2, 0.25) is 0 Å². The number of rotatable bonds is 5. The van der Waals surface area contributed by atoms with E-state index < -0.39 is 0 Å². The molecule has 5 nitrogen and oxygen atoms in total. The average molecular weight is 483 g/mol. The molecule has 30 heavy (non-hydrogen) atoms. The van der Waals surface area contributed by atoms with Gasteiger partial charge in [-0.3, -0.25) is 9.69 Å². The molecule has 3 aromatic rings. The first-order valence-electron chi connectivity index (χ1n) is 9.25. The Balaban J connectivity index is 1.62. The lowest BCUT2D eigenvalue weighted by Gasteiger charge is -2.15. The van der Waals surface area contributed by atoms with Gasteiger partial charge >= 0.3 is 0 Å². The summed E-state index contributed by atoms with van der Waals surface area (Å²) in [7, 11) is 3.23. The number of nitrogens with one attached hydrogen (secondary N) is 1. The summed E-state index contributed by atoms with van der Waals surface area (Å²) >= 11 is 8.70. The van der Waals surface area contributed by atoms with E-state index in [0.717, 1.165) is 21.0 Å². The largest absolute Gasteiger partial charge is 0.493 e. The molecule has 1 heterocycles. The smallest absolute Gasteiger partial charge is 0.276 e. The number of halogens is 1. The number of fused-ring (bicyclic) bond motifs is 1. The molecule has 1 aliphatic rings. The Bertz CT molecular complexity index is 1190. The molecular weight excluding hydrogens is 464 g/mol. The molecule has 1 amide bonds. The number of carbonyl (C=O) groups is 1. The van der Waals surface area contributed by atoms with Crippen LogP contribution in [-0.2, 0) is 11.4 Å². The van der Waals surface area contributed by atoms with Crippen LogP contribution >= 0.6 is 28.1 Å². The number of likely N-dealkylation sites (N-methyl/N-ethyl adjacent to an activating group) is 1. The van der Waals surface area contributed by atoms with Crippen LogP contribution in [0, 0.1) is 0 Å². The Morgan fingerprint density at radius 2 is 1.93 bits per heavy atom. The fourth-order valence-electron chi connectivity index (χ4n) is 3.32. The van der Waals surface area contributed by atoms with Crippen molar-refractivity contribution in [1.82, 2.24) is 10.2 Å². The van der Waals surface area contributed by atoms with Crippen molar-refractivity contribution in [2.24, 2.45) is 0 Å². The van der Waals surface area contributed by atoms with Crippen molar-refractivity contribution in [3.8, 4) is 11.5 Å². The van der Waals surface area contributed by atoms with Gasteiger partial charge in [-0.1, -0.05) is 42.5 Å². The highest BCUT2D eigenvalue weighted by atomic mass is 79.9. The predicted molar refractivity (Wildman–Crippen MR) is 125 cm³/mol. The van der Waals surface area contributed by atoms with Crippen LogP contribution in [0.4, 0.5) is 0 Å². The number of amides is 1. The Morgan fingerprint density at radius 3 is 2.67 bits per heavy atom. The monoisotopic (exact) mass is 482 g/mol. The van der Waals surface area contributed by atoms with Crippen LogP contribution in [0.25, 0.3) is 16.8 Å². The van der Waals surface area contributed by atoms with Gasteiger partial charge in [-0.05, 0) is 68.3 Å². The Morgan fingerprint density at radius 1 is 1.17 bits per heavy atom. The minimum Gasteiger partial charge on any atom is -0.493 e. The second-order valence-corrected chi connectivity index (χ2v) is 8.05. The topological polar surface area (TPSA) is 50.8 Å². The summed E-state index contributed by atoms with van der Waals surface area (Å²) in [6.07, 6.45) is 1.74. The Labute approximate surface area is 188 Å². The van der Waals surface area contributed by atoms with E-state index >= 15 is 0 Å². The van der Waals surface area contributed by atoms with Gasteiger partial charge in [0, 0.05) is 7.05 Å². The quantitative estimate of drug-likeness (QED) is 0.414. The molecule has 3 aromatic carbocycles. The van der Waals surface area contributed by atoms with Crippen LogP contribution < -0.4 is 14.8 Å². The van der Waals surface area contributed by atoms with Crippen molar-refractivity contribution in [3.05, 3.63) is 75.9 Å². The minimum absolute atomic E-state index is 0.175. The molecule has 0 atom stereocenters. The molecule has 4 rings (SSSR count). The number of methoxy groups -OCH3 is 1. The molecule has 0 aromatic heterocycles. The Hall–Kier alpha value is -2.90. The van der Waals surface area contributed by atoms with Crippen LogP contribution in [-0.4, -0.2) is 30.1 Å². The van der Waals surface area contributed by atoms with Gasteiger partial charge in [0.05, 0.1) is 11.6 Å². The molecule has 7 heteroatoms. The van der Waals surface area contributed by atoms with Gasteiger partial charge in [0.25, 0.3) is 5.91 Å². The molecule has 0 saturated carbocycles. The maximum atomic E-state index is 12.2. The second kappa shape index (κ2) is 8.45. The summed E-state index contributed by atoms with van der Waals surface area (Å²) < 4.78 is 12.4. The fourth-order valence-corrected chi connectivity index (χ4v) is 4.09. The SMILES string of the molecule is COc1cc(C=C2NC(=S)N(C)C2=O)cc(Br)c1OCc1cccc2ccccc12. The van der Waals surface area contributed by atoms with Gasteiger partial charge in [0.2, 0.25) is 0 Å². The minimum atomic E-state index is -0.175. The molecular formula is C23H19BrN2O3S. The van der Waals surface area contributed by atoms with Crippen molar-refractivity contribution < 1.29 is 14.3 Å². The zero-order chi connectivity index (χ0) is 21.3. The summed E-state index contributed by atoms with van der Waals surface area (Å²) in [6.45, 7) is 0.399. The first-order valence-corrected chi connectivity index (χ1v) is 10.5. The molecule has 0 unspecified atom stereocenters. The molecule has 1 saturated heterocycles. The number of carbonyl (C=O) groups excluding carboxylic acids is 1. The first kappa shape index (κ1) is 20.4. The van der Waals surface area contributed by atoms with Gasteiger partial charge in [-0.2, -0.15) is 0 Å². The number of benzene rings is 3. The summed E-state index contributed by atoms with van der Waals surface area (Å²) in [5.74, 6) is 0.996. The normalized spacial score (nSPS) is 15.0. The van der Waals surface area contributed by atoms with Crippen LogP contribution in [0.3, 0.4) is 0 Å². The van der Waals surface area contributed by atoms with E-state index in [2.05, 4.69) is 45.5 Å². The van der Waals surface area contributed by atoms with E-state index in [0.29, 0.717) is 28.9 Å². The molecule has 0 bridgehead atoms.